The second-order valence-electron chi connectivity index (χ2n) is 5.48. The van der Waals surface area contributed by atoms with Crippen LogP contribution >= 0.6 is 0 Å². The van der Waals surface area contributed by atoms with Gasteiger partial charge >= 0.3 is 5.97 Å². The number of hydrogen-bond donors (Lipinski definition) is 0. The molecule has 0 radical (unpaired) electrons. The monoisotopic (exact) mass is 334 g/mol. The minimum Gasteiger partial charge on any atom is -0.457 e. The van der Waals surface area contributed by atoms with Gasteiger partial charge in [-0.3, -0.25) is 4.79 Å². The number of ketones is 1. The number of ether oxygens (including phenoxy) is 1. The lowest BCUT2D eigenvalue weighted by Crippen LogP contribution is -2.06. The summed E-state index contributed by atoms with van der Waals surface area (Å²) in [5, 5.41) is 0. The average molecular weight is 334 g/mol. The van der Waals surface area contributed by atoms with Gasteiger partial charge in [-0.1, -0.05) is 54.6 Å². The third-order valence-corrected chi connectivity index (χ3v) is 3.70. The Balaban J connectivity index is 1.62. The van der Waals surface area contributed by atoms with Crippen LogP contribution in [0.2, 0.25) is 0 Å². The molecule has 0 unspecified atom stereocenters. The summed E-state index contributed by atoms with van der Waals surface area (Å²) < 4.78 is 18.0. The molecule has 25 heavy (non-hydrogen) atoms. The van der Waals surface area contributed by atoms with Crippen molar-refractivity contribution >= 4 is 11.8 Å². The van der Waals surface area contributed by atoms with Crippen LogP contribution < -0.4 is 0 Å². The fourth-order valence-electron chi connectivity index (χ4n) is 2.33. The van der Waals surface area contributed by atoms with Gasteiger partial charge in [-0.15, -0.1) is 0 Å². The zero-order valence-corrected chi connectivity index (χ0v) is 13.3. The predicted molar refractivity (Wildman–Crippen MR) is 91.8 cm³/mol. The minimum absolute atomic E-state index is 0.0598. The van der Waals surface area contributed by atoms with E-state index in [1.54, 1.807) is 36.4 Å². The smallest absolute Gasteiger partial charge is 0.338 e. The van der Waals surface area contributed by atoms with Gasteiger partial charge in [0, 0.05) is 11.1 Å². The maximum Gasteiger partial charge on any atom is 0.338 e. The van der Waals surface area contributed by atoms with Gasteiger partial charge in [-0.05, 0) is 29.8 Å². The first-order valence-electron chi connectivity index (χ1n) is 7.75. The molecular weight excluding hydrogens is 319 g/mol. The van der Waals surface area contributed by atoms with Gasteiger partial charge in [0.25, 0.3) is 0 Å². The van der Waals surface area contributed by atoms with Gasteiger partial charge in [0.1, 0.15) is 12.4 Å². The molecular formula is C21H15FO3. The molecule has 0 atom stereocenters. The Bertz CT molecular complexity index is 869. The van der Waals surface area contributed by atoms with E-state index in [1.807, 2.05) is 18.2 Å². The molecule has 3 aromatic carbocycles. The van der Waals surface area contributed by atoms with E-state index in [4.69, 9.17) is 4.74 Å². The number of esters is 1. The van der Waals surface area contributed by atoms with Gasteiger partial charge in [0.05, 0.1) is 5.56 Å². The molecule has 0 N–H and O–H groups in total. The molecule has 3 aromatic rings. The molecule has 0 heterocycles. The quantitative estimate of drug-likeness (QED) is 0.513. The van der Waals surface area contributed by atoms with Crippen molar-refractivity contribution in [2.45, 2.75) is 6.61 Å². The fourth-order valence-corrected chi connectivity index (χ4v) is 2.33. The Hall–Kier alpha value is -3.27. The maximum atomic E-state index is 12.8. The van der Waals surface area contributed by atoms with Crippen LogP contribution in [0.1, 0.15) is 31.8 Å². The first kappa shape index (κ1) is 16.6. The molecule has 0 aliphatic rings. The summed E-state index contributed by atoms with van der Waals surface area (Å²) in [6.45, 7) is 0.0794. The van der Waals surface area contributed by atoms with E-state index < -0.39 is 11.8 Å². The molecule has 0 bridgehead atoms. The molecule has 4 heteroatoms. The fraction of sp³-hybridized carbons (Fsp3) is 0.0476. The molecule has 3 rings (SSSR count). The van der Waals surface area contributed by atoms with Crippen molar-refractivity contribution in [3.63, 3.8) is 0 Å². The lowest BCUT2D eigenvalue weighted by Gasteiger charge is -2.06. The zero-order valence-electron chi connectivity index (χ0n) is 13.3. The number of benzene rings is 3. The number of carbonyl (C=O) groups is 2. The van der Waals surface area contributed by atoms with Crippen molar-refractivity contribution in [2.75, 3.05) is 0 Å². The van der Waals surface area contributed by atoms with Gasteiger partial charge in [-0.2, -0.15) is 0 Å². The van der Waals surface area contributed by atoms with E-state index >= 15 is 0 Å². The van der Waals surface area contributed by atoms with Crippen LogP contribution in [-0.4, -0.2) is 11.8 Å². The topological polar surface area (TPSA) is 43.4 Å². The molecule has 0 amide bonds. The second-order valence-corrected chi connectivity index (χ2v) is 5.48. The van der Waals surface area contributed by atoms with Crippen LogP contribution in [0.25, 0.3) is 0 Å². The Labute approximate surface area is 144 Å². The Morgan fingerprint density at radius 1 is 0.720 bits per heavy atom. The lowest BCUT2D eigenvalue weighted by atomic mass is 10.0. The first-order chi connectivity index (χ1) is 12.1. The van der Waals surface area contributed by atoms with Crippen LogP contribution in [0.3, 0.4) is 0 Å². The van der Waals surface area contributed by atoms with Crippen molar-refractivity contribution in [1.82, 2.24) is 0 Å². The lowest BCUT2D eigenvalue weighted by molar-refractivity contribution is 0.0472. The van der Waals surface area contributed by atoms with E-state index in [9.17, 15) is 14.0 Å². The van der Waals surface area contributed by atoms with Crippen molar-refractivity contribution in [3.05, 3.63) is 107 Å². The number of carbonyl (C=O) groups excluding carboxylic acids is 2. The summed E-state index contributed by atoms with van der Waals surface area (Å²) in [4.78, 5) is 24.2. The average Bonchev–Trinajstić information content (AvgIpc) is 2.67. The molecule has 0 saturated carbocycles. The molecule has 0 aromatic heterocycles. The predicted octanol–water partition coefficient (Wildman–Crippen LogP) is 4.41. The third-order valence-electron chi connectivity index (χ3n) is 3.70. The van der Waals surface area contributed by atoms with Crippen molar-refractivity contribution in [2.24, 2.45) is 0 Å². The van der Waals surface area contributed by atoms with Gasteiger partial charge in [0.2, 0.25) is 0 Å². The highest BCUT2D eigenvalue weighted by atomic mass is 19.1. The van der Waals surface area contributed by atoms with Crippen LogP contribution in [0.15, 0.2) is 78.9 Å². The standard InChI is InChI=1S/C21H15FO3/c22-19-12-10-18(11-13-19)21(24)25-14-15-6-8-17(9-7-15)20(23)16-4-2-1-3-5-16/h1-13H,14H2. The van der Waals surface area contributed by atoms with E-state index in [-0.39, 0.29) is 18.0 Å². The van der Waals surface area contributed by atoms with E-state index in [2.05, 4.69) is 0 Å². The van der Waals surface area contributed by atoms with Crippen LogP contribution in [0.4, 0.5) is 4.39 Å². The van der Waals surface area contributed by atoms with E-state index in [1.165, 1.54) is 24.3 Å². The maximum absolute atomic E-state index is 12.8. The van der Waals surface area contributed by atoms with Crippen LogP contribution in [0.5, 0.6) is 0 Å². The minimum atomic E-state index is -0.524. The summed E-state index contributed by atoms with van der Waals surface area (Å²) >= 11 is 0. The van der Waals surface area contributed by atoms with Crippen molar-refractivity contribution in [1.29, 1.82) is 0 Å². The molecule has 3 nitrogen and oxygen atoms in total. The molecule has 0 aliphatic heterocycles. The Kier molecular flexibility index (Phi) is 5.00. The molecule has 0 fully saturated rings. The van der Waals surface area contributed by atoms with Gasteiger partial charge in [0.15, 0.2) is 5.78 Å². The molecule has 0 saturated heterocycles. The number of hydrogen-bond acceptors (Lipinski definition) is 3. The third kappa shape index (κ3) is 4.18. The highest BCUT2D eigenvalue weighted by Crippen LogP contribution is 2.13. The van der Waals surface area contributed by atoms with Gasteiger partial charge < -0.3 is 4.74 Å². The first-order valence-corrected chi connectivity index (χ1v) is 7.75. The summed E-state index contributed by atoms with van der Waals surface area (Å²) in [6, 6.07) is 21.1. The second kappa shape index (κ2) is 7.53. The Morgan fingerprint density at radius 3 is 1.92 bits per heavy atom. The largest absolute Gasteiger partial charge is 0.457 e. The summed E-state index contributed by atoms with van der Waals surface area (Å²) in [5.74, 6) is -0.991. The van der Waals surface area contributed by atoms with Crippen molar-refractivity contribution < 1.29 is 18.7 Å². The van der Waals surface area contributed by atoms with Crippen LogP contribution in [-0.2, 0) is 11.3 Å². The molecule has 0 aliphatic carbocycles. The zero-order chi connectivity index (χ0) is 17.6. The van der Waals surface area contributed by atoms with E-state index in [0.29, 0.717) is 11.1 Å². The highest BCUT2D eigenvalue weighted by Gasteiger charge is 2.10. The molecule has 124 valence electrons. The summed E-state index contributed by atoms with van der Waals surface area (Å²) in [5.41, 5.74) is 2.25. The Morgan fingerprint density at radius 2 is 1.28 bits per heavy atom. The SMILES string of the molecule is O=C(OCc1ccc(C(=O)c2ccccc2)cc1)c1ccc(F)cc1. The highest BCUT2D eigenvalue weighted by molar-refractivity contribution is 6.08. The van der Waals surface area contributed by atoms with E-state index in [0.717, 1.165) is 5.56 Å². The number of halogens is 1. The molecule has 0 spiro atoms. The normalized spacial score (nSPS) is 10.3. The summed E-state index contributed by atoms with van der Waals surface area (Å²) in [6.07, 6.45) is 0. The number of rotatable bonds is 5. The van der Waals surface area contributed by atoms with Crippen LogP contribution in [0, 0.1) is 5.82 Å². The van der Waals surface area contributed by atoms with Crippen molar-refractivity contribution in [3.8, 4) is 0 Å². The van der Waals surface area contributed by atoms with Gasteiger partial charge in [-0.25, -0.2) is 9.18 Å². The summed E-state index contributed by atoms with van der Waals surface area (Å²) in [7, 11) is 0.